The summed E-state index contributed by atoms with van der Waals surface area (Å²) >= 11 is 6.21. The van der Waals surface area contributed by atoms with Crippen molar-refractivity contribution >= 4 is 39.8 Å². The number of fused-ring (bicyclic) bond motifs is 1. The van der Waals surface area contributed by atoms with Crippen LogP contribution >= 0.6 is 11.6 Å². The van der Waals surface area contributed by atoms with Crippen LogP contribution in [-0.2, 0) is 0 Å². The number of hydrogen-bond donors (Lipinski definition) is 1. The largest absolute Gasteiger partial charge is 0.349 e. The minimum Gasteiger partial charge on any atom is -0.349 e. The van der Waals surface area contributed by atoms with Crippen molar-refractivity contribution in [1.29, 1.82) is 0 Å². The predicted octanol–water partition coefficient (Wildman–Crippen LogP) is 5.31. The van der Waals surface area contributed by atoms with Crippen LogP contribution in [0.2, 0.25) is 5.02 Å². The maximum Gasteiger partial charge on any atom is 0.253 e. The molecule has 0 unspecified atom stereocenters. The number of para-hydroxylation sites is 1. The van der Waals surface area contributed by atoms with Gasteiger partial charge in [-0.15, -0.1) is 0 Å². The molecular weight excluding hydrogens is 465 g/mol. The minimum absolute atomic E-state index is 0.0324. The lowest BCUT2D eigenvalue weighted by molar-refractivity contribution is 0.0680. The van der Waals surface area contributed by atoms with Crippen molar-refractivity contribution in [3.8, 4) is 0 Å². The monoisotopic (exact) mass is 489 g/mol. The van der Waals surface area contributed by atoms with E-state index < -0.39 is 0 Å². The topological polar surface area (TPSA) is 55.5 Å². The Bertz CT molecular complexity index is 1380. The molecule has 35 heavy (non-hydrogen) atoms. The highest BCUT2D eigenvalue weighted by atomic mass is 35.5. The number of benzene rings is 3. The van der Waals surface area contributed by atoms with Gasteiger partial charge >= 0.3 is 0 Å². The van der Waals surface area contributed by atoms with E-state index in [-0.39, 0.29) is 17.3 Å². The number of aromatic amines is 1. The van der Waals surface area contributed by atoms with Gasteiger partial charge in [-0.1, -0.05) is 29.8 Å². The number of piperidine rings is 1. The summed E-state index contributed by atoms with van der Waals surface area (Å²) in [5.41, 5.74) is 2.99. The Kier molecular flexibility index (Phi) is 5.37. The number of amides is 1. The lowest BCUT2D eigenvalue weighted by atomic mass is 9.86. The van der Waals surface area contributed by atoms with Crippen molar-refractivity contribution in [2.24, 2.45) is 0 Å². The van der Waals surface area contributed by atoms with Crippen LogP contribution in [0.1, 0.15) is 23.2 Å². The van der Waals surface area contributed by atoms with Gasteiger partial charge in [0.15, 0.2) is 0 Å². The van der Waals surface area contributed by atoms with E-state index in [9.17, 15) is 9.18 Å². The molecule has 0 aliphatic carbocycles. The van der Waals surface area contributed by atoms with Crippen LogP contribution in [0.25, 0.3) is 10.9 Å². The molecule has 1 aromatic heterocycles. The van der Waals surface area contributed by atoms with Gasteiger partial charge in [0.2, 0.25) is 0 Å². The molecule has 0 atom stereocenters. The van der Waals surface area contributed by atoms with E-state index >= 15 is 0 Å². The van der Waals surface area contributed by atoms with Gasteiger partial charge in [0.1, 0.15) is 5.82 Å². The summed E-state index contributed by atoms with van der Waals surface area (Å²) in [4.78, 5) is 19.7. The smallest absolute Gasteiger partial charge is 0.253 e. The second-order valence-corrected chi connectivity index (χ2v) is 9.82. The van der Waals surface area contributed by atoms with Crippen LogP contribution in [0.3, 0.4) is 0 Å². The van der Waals surface area contributed by atoms with Crippen molar-refractivity contribution in [2.45, 2.75) is 18.4 Å². The summed E-state index contributed by atoms with van der Waals surface area (Å²) < 4.78 is 14.8. The van der Waals surface area contributed by atoms with Gasteiger partial charge in [0, 0.05) is 41.3 Å². The first-order chi connectivity index (χ1) is 17.0. The Balaban J connectivity index is 1.26. The van der Waals surface area contributed by atoms with Crippen LogP contribution in [0.5, 0.6) is 0 Å². The fraction of sp³-hybridized carbons (Fsp3) is 0.259. The van der Waals surface area contributed by atoms with Gasteiger partial charge in [0.05, 0.1) is 29.6 Å². The van der Waals surface area contributed by atoms with Crippen LogP contribution < -0.4 is 9.80 Å². The van der Waals surface area contributed by atoms with Gasteiger partial charge in [-0.3, -0.25) is 9.89 Å². The molecule has 3 aromatic carbocycles. The van der Waals surface area contributed by atoms with E-state index in [0.29, 0.717) is 42.6 Å². The zero-order valence-electron chi connectivity index (χ0n) is 19.1. The third-order valence-electron chi connectivity index (χ3n) is 7.36. The molecule has 4 aromatic rings. The van der Waals surface area contributed by atoms with Crippen molar-refractivity contribution in [2.75, 3.05) is 36.1 Å². The third-order valence-corrected chi connectivity index (χ3v) is 7.59. The molecule has 2 aliphatic rings. The van der Waals surface area contributed by atoms with Crippen molar-refractivity contribution < 1.29 is 9.18 Å². The number of hydrogen-bond acceptors (Lipinski definition) is 4. The average Bonchev–Trinajstić information content (AvgIpc) is 3.50. The molecule has 6 nitrogen and oxygen atoms in total. The average molecular weight is 490 g/mol. The van der Waals surface area contributed by atoms with Crippen molar-refractivity contribution in [3.63, 3.8) is 0 Å². The molecule has 2 fully saturated rings. The fourth-order valence-corrected chi connectivity index (χ4v) is 5.64. The normalized spacial score (nSPS) is 17.5. The van der Waals surface area contributed by atoms with Gasteiger partial charge in [-0.25, -0.2) is 4.39 Å². The molecule has 2 saturated heterocycles. The second kappa shape index (κ2) is 8.57. The molecule has 6 rings (SSSR count). The van der Waals surface area contributed by atoms with Gasteiger partial charge in [-0.05, 0) is 61.4 Å². The Morgan fingerprint density at radius 1 is 1.03 bits per heavy atom. The maximum absolute atomic E-state index is 14.8. The number of anilines is 2. The number of carbonyl (C=O) groups excluding carboxylic acids is 1. The Labute approximate surface area is 207 Å². The number of carbonyl (C=O) groups is 1. The summed E-state index contributed by atoms with van der Waals surface area (Å²) in [6, 6.07) is 20.6. The summed E-state index contributed by atoms with van der Waals surface area (Å²) in [5.74, 6) is -0.244. The number of likely N-dealkylation sites (tertiary alicyclic amines) is 1. The minimum atomic E-state index is -0.276. The Morgan fingerprint density at radius 2 is 1.83 bits per heavy atom. The van der Waals surface area contributed by atoms with E-state index in [1.54, 1.807) is 18.3 Å². The van der Waals surface area contributed by atoms with E-state index in [0.717, 1.165) is 29.4 Å². The predicted molar refractivity (Wildman–Crippen MR) is 137 cm³/mol. The van der Waals surface area contributed by atoms with E-state index in [2.05, 4.69) is 32.1 Å². The number of nitrogens with zero attached hydrogens (tertiary/aromatic N) is 4. The number of H-pyrrole nitrogens is 1. The van der Waals surface area contributed by atoms with Crippen molar-refractivity contribution in [3.05, 3.63) is 89.3 Å². The highest BCUT2D eigenvalue weighted by Gasteiger charge is 2.47. The molecule has 0 radical (unpaired) electrons. The Morgan fingerprint density at radius 3 is 2.63 bits per heavy atom. The first-order valence-corrected chi connectivity index (χ1v) is 12.2. The highest BCUT2D eigenvalue weighted by Crippen LogP contribution is 2.41. The van der Waals surface area contributed by atoms with E-state index in [4.69, 9.17) is 11.6 Å². The lowest BCUT2D eigenvalue weighted by Gasteiger charge is -2.45. The molecule has 0 bridgehead atoms. The number of rotatable bonds is 3. The number of nitrogens with one attached hydrogen (secondary N) is 1. The quantitative estimate of drug-likeness (QED) is 0.423. The highest BCUT2D eigenvalue weighted by molar-refractivity contribution is 6.30. The number of aromatic nitrogens is 2. The zero-order valence-corrected chi connectivity index (χ0v) is 19.9. The maximum atomic E-state index is 14.8. The fourth-order valence-electron chi connectivity index (χ4n) is 5.48. The molecule has 8 heteroatoms. The first kappa shape index (κ1) is 21.9. The van der Waals surface area contributed by atoms with Crippen LogP contribution in [0.15, 0.2) is 72.9 Å². The molecule has 0 saturated carbocycles. The van der Waals surface area contributed by atoms with Gasteiger partial charge < -0.3 is 14.7 Å². The molecule has 3 heterocycles. The summed E-state index contributed by atoms with van der Waals surface area (Å²) in [5, 5.41) is 8.41. The summed E-state index contributed by atoms with van der Waals surface area (Å²) in [6.07, 6.45) is 3.32. The van der Waals surface area contributed by atoms with Crippen LogP contribution in [-0.4, -0.2) is 52.8 Å². The van der Waals surface area contributed by atoms with Crippen LogP contribution in [0, 0.1) is 5.82 Å². The molecular formula is C27H25ClFN5O. The standard InChI is InChI=1S/C27H25ClFN5O/c28-21-7-8-23(29)25(15-21)33-17-27(34(18-33)22-4-2-1-3-5-22)10-12-32(13-11-27)26(35)19-6-9-24-20(14-19)16-30-31-24/h1-9,14-16H,10-13,17-18H2,(H,30,31). The summed E-state index contributed by atoms with van der Waals surface area (Å²) in [6.45, 7) is 2.50. The van der Waals surface area contributed by atoms with Crippen molar-refractivity contribution in [1.82, 2.24) is 15.1 Å². The molecule has 1 amide bonds. The Hall–Kier alpha value is -3.58. The molecule has 178 valence electrons. The van der Waals surface area contributed by atoms with E-state index in [1.807, 2.05) is 41.3 Å². The molecule has 1 N–H and O–H groups in total. The third kappa shape index (κ3) is 3.90. The zero-order chi connectivity index (χ0) is 24.0. The molecule has 1 spiro atoms. The SMILES string of the molecule is O=C(c1ccc2[nH]ncc2c1)N1CCC2(CC1)CN(c1cc(Cl)ccc1F)CN2c1ccccc1. The second-order valence-electron chi connectivity index (χ2n) is 9.39. The van der Waals surface area contributed by atoms with Crippen LogP contribution in [0.4, 0.5) is 15.8 Å². The van der Waals surface area contributed by atoms with Gasteiger partial charge in [0.25, 0.3) is 5.91 Å². The first-order valence-electron chi connectivity index (χ1n) is 11.8. The van der Waals surface area contributed by atoms with Gasteiger partial charge in [-0.2, -0.15) is 5.10 Å². The number of halogens is 2. The summed E-state index contributed by atoms with van der Waals surface area (Å²) in [7, 11) is 0. The lowest BCUT2D eigenvalue weighted by Crippen LogP contribution is -2.55. The molecule has 2 aliphatic heterocycles. The van der Waals surface area contributed by atoms with E-state index in [1.165, 1.54) is 6.07 Å².